The van der Waals surface area contributed by atoms with Crippen LogP contribution in [0.1, 0.15) is 76.1 Å². The Morgan fingerprint density at radius 2 is 1.82 bits per heavy atom. The van der Waals surface area contributed by atoms with E-state index in [1.54, 1.807) is 12.1 Å². The number of anilines is 2. The maximum Gasteiger partial charge on any atom is 0.294 e. The minimum Gasteiger partial charge on any atom is -0.471 e. The van der Waals surface area contributed by atoms with E-state index in [1.807, 2.05) is 69.3 Å². The molecule has 0 saturated heterocycles. The molecule has 1 atom stereocenters. The number of hydrogen-bond acceptors (Lipinski definition) is 13. The Balaban J connectivity index is 1.05. The van der Waals surface area contributed by atoms with Gasteiger partial charge in [0.1, 0.15) is 13.2 Å². The van der Waals surface area contributed by atoms with Crippen molar-refractivity contribution in [2.45, 2.75) is 87.7 Å². The summed E-state index contributed by atoms with van der Waals surface area (Å²) in [6.45, 7) is 12.4. The molecule has 0 spiro atoms. The van der Waals surface area contributed by atoms with Crippen molar-refractivity contribution in [3.05, 3.63) is 113 Å². The van der Waals surface area contributed by atoms with Gasteiger partial charge >= 0.3 is 0 Å². The monoisotopic (exact) mass is 869 g/mol. The van der Waals surface area contributed by atoms with E-state index in [0.717, 1.165) is 62.0 Å². The number of aromatic amines is 1. The third-order valence-electron chi connectivity index (χ3n) is 11.4. The molecule has 61 heavy (non-hydrogen) atoms. The Bertz CT molecular complexity index is 2660. The molecule has 320 valence electrons. The van der Waals surface area contributed by atoms with Crippen LogP contribution >= 0.6 is 12.0 Å². The number of aromatic nitrogens is 4. The number of amides is 1. The van der Waals surface area contributed by atoms with Crippen molar-refractivity contribution in [2.75, 3.05) is 23.7 Å². The topological polar surface area (TPSA) is 218 Å². The van der Waals surface area contributed by atoms with Gasteiger partial charge in [0.15, 0.2) is 16.9 Å². The number of likely N-dealkylation sites (N-methyl/N-ethyl adjacent to an activating group) is 1. The first-order valence-electron chi connectivity index (χ1n) is 19.8. The van der Waals surface area contributed by atoms with Gasteiger partial charge < -0.3 is 25.7 Å². The minimum absolute atomic E-state index is 0.0644. The number of nitrogens with one attached hydrogen (secondary N) is 2. The zero-order valence-corrected chi connectivity index (χ0v) is 36.1. The lowest BCUT2D eigenvalue weighted by Crippen LogP contribution is -2.29. The summed E-state index contributed by atoms with van der Waals surface area (Å²) in [6, 6.07) is 18.4. The molecule has 1 unspecified atom stereocenters. The highest BCUT2D eigenvalue weighted by Gasteiger charge is 2.45. The van der Waals surface area contributed by atoms with Gasteiger partial charge in [-0.3, -0.25) is 9.35 Å². The number of hydrogen-bond donors (Lipinski definition) is 5. The molecule has 18 heteroatoms. The molecule has 0 bridgehead atoms. The number of allylic oxidation sites excluding steroid dienone is 4. The molecular weight excluding hydrogens is 821 g/mol. The van der Waals surface area contributed by atoms with Crippen LogP contribution in [0, 0.1) is 0 Å². The van der Waals surface area contributed by atoms with Gasteiger partial charge in [-0.2, -0.15) is 23.0 Å². The SMILES string of the molecule is CCN1/C(=C/C=C/C2=[N+](CC)c3ccc(S(=O)(=O)O)cc3C2(C)C)C(C)(CCCC(=O)NCc2ccc(COc3nc(N)nc4[nH]cnc34)cc2)c2cc(SOOO)ccc21. The Labute approximate surface area is 358 Å². The molecule has 0 saturated carbocycles. The van der Waals surface area contributed by atoms with Crippen LogP contribution in [0.5, 0.6) is 5.88 Å². The largest absolute Gasteiger partial charge is 0.471 e. The Morgan fingerprint density at radius 1 is 1.05 bits per heavy atom. The summed E-state index contributed by atoms with van der Waals surface area (Å²) in [5.41, 5.74) is 13.4. The molecule has 7 rings (SSSR count). The number of carbonyl (C=O) groups is 1. The van der Waals surface area contributed by atoms with Gasteiger partial charge in [0.2, 0.25) is 23.4 Å². The molecule has 4 heterocycles. The van der Waals surface area contributed by atoms with Crippen molar-refractivity contribution in [3.63, 3.8) is 0 Å². The van der Waals surface area contributed by atoms with Crippen LogP contribution in [0.2, 0.25) is 0 Å². The first-order valence-corrected chi connectivity index (χ1v) is 22.0. The van der Waals surface area contributed by atoms with Crippen molar-refractivity contribution in [1.82, 2.24) is 25.3 Å². The fraction of sp³-hybridized carbons (Fsp3) is 0.326. The summed E-state index contributed by atoms with van der Waals surface area (Å²) in [6.07, 6.45) is 9.28. The second kappa shape index (κ2) is 17.8. The summed E-state index contributed by atoms with van der Waals surface area (Å²) in [7, 11) is -4.37. The van der Waals surface area contributed by atoms with Gasteiger partial charge in [-0.15, -0.1) is 4.33 Å². The van der Waals surface area contributed by atoms with Crippen molar-refractivity contribution in [3.8, 4) is 5.88 Å². The smallest absolute Gasteiger partial charge is 0.294 e. The standard InChI is InChI=1S/C43H48N8O8S2/c1-6-50-33-20-18-30(61(54,55)56)23-31(33)42(3,4)35(50)10-8-11-36-43(5,32-22-29(60-59-58-53)17-19-34(32)51(36)7-2)21-9-12-37(52)45-24-27-13-15-28(16-14-27)25-57-40-38-39(47-26-46-38)48-41(44)49-40/h8,10-11,13-20,22-23,26H,6-7,9,12,21,24-25H2,1-5H3,(H5-,44,45,46,47,48,49,52,53,54,55,56)/p+1. The van der Waals surface area contributed by atoms with Crippen LogP contribution in [0.4, 0.5) is 17.3 Å². The van der Waals surface area contributed by atoms with Gasteiger partial charge in [0.05, 0.1) is 28.7 Å². The highest BCUT2D eigenvalue weighted by molar-refractivity contribution is 7.94. The van der Waals surface area contributed by atoms with Crippen molar-refractivity contribution >= 4 is 62.3 Å². The lowest BCUT2D eigenvalue weighted by Gasteiger charge is -2.30. The number of ether oxygens (including phenoxy) is 1. The second-order valence-electron chi connectivity index (χ2n) is 15.5. The quantitative estimate of drug-likeness (QED) is 0.0204. The molecule has 0 radical (unpaired) electrons. The van der Waals surface area contributed by atoms with E-state index in [4.69, 9.17) is 20.1 Å². The maximum atomic E-state index is 13.3. The average Bonchev–Trinajstić information content (AvgIpc) is 3.87. The van der Waals surface area contributed by atoms with Crippen LogP contribution < -0.4 is 20.7 Å². The molecule has 6 N–H and O–H groups in total. The zero-order valence-electron chi connectivity index (χ0n) is 34.5. The highest BCUT2D eigenvalue weighted by Crippen LogP contribution is 2.52. The summed E-state index contributed by atoms with van der Waals surface area (Å²) in [4.78, 5) is 31.5. The summed E-state index contributed by atoms with van der Waals surface area (Å²) in [5.74, 6) is 0.317. The molecule has 2 aromatic heterocycles. The normalized spacial score (nSPS) is 17.8. The van der Waals surface area contributed by atoms with Crippen molar-refractivity contribution < 1.29 is 41.7 Å². The van der Waals surface area contributed by atoms with Crippen LogP contribution in [0.3, 0.4) is 0 Å². The molecule has 1 amide bonds. The fourth-order valence-corrected chi connectivity index (χ4v) is 9.26. The van der Waals surface area contributed by atoms with Crippen LogP contribution in [-0.4, -0.2) is 67.4 Å². The number of nitrogens with two attached hydrogens (primary N) is 1. The van der Waals surface area contributed by atoms with Crippen molar-refractivity contribution in [2.24, 2.45) is 0 Å². The van der Waals surface area contributed by atoms with Gasteiger partial charge in [-0.05, 0) is 101 Å². The number of rotatable bonds is 17. The molecular formula is C43H49N8O8S2+. The highest BCUT2D eigenvalue weighted by atomic mass is 32.2. The number of imidazole rings is 1. The molecule has 2 aliphatic heterocycles. The predicted octanol–water partition coefficient (Wildman–Crippen LogP) is 7.31. The number of H-pyrrole nitrogens is 1. The first kappa shape index (κ1) is 43.5. The number of benzene rings is 3. The van der Waals surface area contributed by atoms with Gasteiger partial charge in [-0.1, -0.05) is 35.4 Å². The summed E-state index contributed by atoms with van der Waals surface area (Å²) < 4.78 is 46.7. The average molecular weight is 870 g/mol. The molecule has 3 aromatic carbocycles. The van der Waals surface area contributed by atoms with E-state index in [2.05, 4.69) is 65.8 Å². The molecule has 0 fully saturated rings. The Morgan fingerprint density at radius 3 is 2.54 bits per heavy atom. The molecule has 2 aliphatic rings. The Hall–Kier alpha value is -5.63. The number of nitrogens with zero attached hydrogens (tertiary/aromatic N) is 5. The van der Waals surface area contributed by atoms with E-state index in [-0.39, 0.29) is 23.4 Å². The maximum absolute atomic E-state index is 13.3. The van der Waals surface area contributed by atoms with Crippen molar-refractivity contribution in [1.29, 1.82) is 0 Å². The van der Waals surface area contributed by atoms with Gasteiger partial charge in [0, 0.05) is 58.9 Å². The van der Waals surface area contributed by atoms with Gasteiger partial charge in [0.25, 0.3) is 10.1 Å². The molecule has 16 nitrogen and oxygen atoms in total. The van der Waals surface area contributed by atoms with Gasteiger partial charge in [-0.25, -0.2) is 10.2 Å². The van der Waals surface area contributed by atoms with Crippen LogP contribution in [0.25, 0.3) is 11.2 Å². The lowest BCUT2D eigenvalue weighted by molar-refractivity contribution is -0.433. The lowest BCUT2D eigenvalue weighted by atomic mass is 9.77. The zero-order chi connectivity index (χ0) is 43.5. The minimum atomic E-state index is -4.37. The molecule has 0 aliphatic carbocycles. The fourth-order valence-electron chi connectivity index (χ4n) is 8.35. The third kappa shape index (κ3) is 8.91. The number of nitrogen functional groups attached to an aromatic ring is 1. The molecule has 5 aromatic rings. The van der Waals surface area contributed by atoms with E-state index in [9.17, 15) is 17.8 Å². The van der Waals surface area contributed by atoms with Crippen LogP contribution in [-0.2, 0) is 48.3 Å². The van der Waals surface area contributed by atoms with E-state index in [0.29, 0.717) is 55.9 Å². The van der Waals surface area contributed by atoms with E-state index in [1.165, 1.54) is 12.4 Å². The third-order valence-corrected chi connectivity index (χ3v) is 12.8. The van der Waals surface area contributed by atoms with Crippen LogP contribution in [0.15, 0.2) is 101 Å². The van der Waals surface area contributed by atoms with E-state index < -0.39 is 20.9 Å². The Kier molecular flexibility index (Phi) is 12.7. The summed E-state index contributed by atoms with van der Waals surface area (Å²) in [5, 5.41) is 15.8. The predicted molar refractivity (Wildman–Crippen MR) is 232 cm³/mol. The second-order valence-corrected chi connectivity index (χ2v) is 17.7. The van der Waals surface area contributed by atoms with E-state index >= 15 is 0 Å². The first-order chi connectivity index (χ1) is 29.2. The summed E-state index contributed by atoms with van der Waals surface area (Å²) >= 11 is 0.897. The number of carbonyl (C=O) groups excluding carboxylic acids is 1. The number of fused-ring (bicyclic) bond motifs is 3.